The van der Waals surface area contributed by atoms with E-state index in [9.17, 15) is 13.2 Å². The highest BCUT2D eigenvalue weighted by atomic mass is 35.5. The maximum absolute atomic E-state index is 12.1. The lowest BCUT2D eigenvalue weighted by atomic mass is 10.2. The van der Waals surface area contributed by atoms with Gasteiger partial charge in [-0.05, 0) is 18.2 Å². The molecule has 2 aromatic carbocycles. The zero-order valence-corrected chi connectivity index (χ0v) is 15.8. The molecule has 0 heterocycles. The maximum Gasteiger partial charge on any atom is 0.260 e. The number of hydrazone groups is 1. The van der Waals surface area contributed by atoms with Gasteiger partial charge in [0.25, 0.3) is 5.91 Å². The van der Waals surface area contributed by atoms with Crippen LogP contribution >= 0.6 is 11.6 Å². The van der Waals surface area contributed by atoms with Crippen molar-refractivity contribution < 1.29 is 17.9 Å². The summed E-state index contributed by atoms with van der Waals surface area (Å²) in [4.78, 5) is 12.1. The number of ether oxygens (including phenoxy) is 1. The molecule has 7 nitrogen and oxygen atoms in total. The van der Waals surface area contributed by atoms with Gasteiger partial charge in [-0.2, -0.15) is 5.10 Å². The summed E-state index contributed by atoms with van der Waals surface area (Å²) >= 11 is 5.99. The summed E-state index contributed by atoms with van der Waals surface area (Å²) in [6, 6.07) is 13.4. The van der Waals surface area contributed by atoms with Crippen LogP contribution in [0.15, 0.2) is 53.6 Å². The lowest BCUT2D eigenvalue weighted by molar-refractivity contribution is -0.119. The van der Waals surface area contributed by atoms with Crippen LogP contribution in [0, 0.1) is 0 Å². The van der Waals surface area contributed by atoms with Crippen molar-refractivity contribution in [3.05, 3.63) is 59.1 Å². The molecule has 0 atom stereocenters. The van der Waals surface area contributed by atoms with Crippen molar-refractivity contribution >= 4 is 39.4 Å². The van der Waals surface area contributed by atoms with E-state index < -0.39 is 22.5 Å². The Morgan fingerprint density at radius 3 is 2.65 bits per heavy atom. The van der Waals surface area contributed by atoms with Crippen molar-refractivity contribution in [2.45, 2.75) is 0 Å². The highest BCUT2D eigenvalue weighted by Crippen LogP contribution is 2.22. The number of rotatable bonds is 7. The summed E-state index contributed by atoms with van der Waals surface area (Å²) in [5, 5.41) is 4.30. The van der Waals surface area contributed by atoms with Crippen LogP contribution < -0.4 is 14.5 Å². The Bertz CT molecular complexity index is 916. The van der Waals surface area contributed by atoms with Crippen LogP contribution in [-0.4, -0.2) is 40.4 Å². The molecule has 0 unspecified atom stereocenters. The van der Waals surface area contributed by atoms with E-state index in [1.165, 1.54) is 19.4 Å². The zero-order chi connectivity index (χ0) is 19.2. The molecule has 1 amide bonds. The second-order valence-corrected chi connectivity index (χ2v) is 7.60. The first-order valence-electron chi connectivity index (χ1n) is 7.49. The van der Waals surface area contributed by atoms with Crippen LogP contribution in [0.1, 0.15) is 5.56 Å². The molecule has 1 N–H and O–H groups in total. The van der Waals surface area contributed by atoms with Gasteiger partial charge in [0.1, 0.15) is 12.3 Å². The molecule has 0 aliphatic heterocycles. The van der Waals surface area contributed by atoms with E-state index in [4.69, 9.17) is 16.3 Å². The number of nitrogens with one attached hydrogen (secondary N) is 1. The van der Waals surface area contributed by atoms with Crippen LogP contribution in [0.2, 0.25) is 5.02 Å². The van der Waals surface area contributed by atoms with Gasteiger partial charge in [-0.25, -0.2) is 13.8 Å². The van der Waals surface area contributed by atoms with Crippen LogP contribution in [0.3, 0.4) is 0 Å². The predicted octanol–water partition coefficient (Wildman–Crippen LogP) is 2.26. The Morgan fingerprint density at radius 1 is 1.27 bits per heavy atom. The first-order valence-corrected chi connectivity index (χ1v) is 9.72. The monoisotopic (exact) mass is 395 g/mol. The molecule has 0 aliphatic rings. The molecule has 0 saturated heterocycles. The summed E-state index contributed by atoms with van der Waals surface area (Å²) in [5.41, 5.74) is 3.24. The number of amides is 1. The molecule has 0 aliphatic carbocycles. The number of methoxy groups -OCH3 is 1. The van der Waals surface area contributed by atoms with Crippen molar-refractivity contribution in [3.8, 4) is 5.75 Å². The highest BCUT2D eigenvalue weighted by molar-refractivity contribution is 7.92. The molecule has 138 valence electrons. The second-order valence-electron chi connectivity index (χ2n) is 5.29. The normalized spacial score (nSPS) is 11.3. The fraction of sp³-hybridized carbons (Fsp3) is 0.176. The fourth-order valence-corrected chi connectivity index (χ4v) is 3.12. The third kappa shape index (κ3) is 5.47. The van der Waals surface area contributed by atoms with Gasteiger partial charge < -0.3 is 4.74 Å². The first-order chi connectivity index (χ1) is 12.3. The van der Waals surface area contributed by atoms with Crippen molar-refractivity contribution in [2.75, 3.05) is 24.2 Å². The quantitative estimate of drug-likeness (QED) is 0.575. The molecule has 0 aromatic heterocycles. The molecule has 0 radical (unpaired) electrons. The molecular formula is C17H18ClN3O4S. The van der Waals surface area contributed by atoms with Gasteiger partial charge in [0.05, 0.1) is 25.3 Å². The Kier molecular flexibility index (Phi) is 6.59. The number of anilines is 1. The Balaban J connectivity index is 2.11. The van der Waals surface area contributed by atoms with E-state index in [1.807, 2.05) is 0 Å². The molecule has 2 rings (SSSR count). The molecule has 2 aromatic rings. The summed E-state index contributed by atoms with van der Waals surface area (Å²) < 4.78 is 30.2. The summed E-state index contributed by atoms with van der Waals surface area (Å²) in [7, 11) is -2.21. The molecule has 0 spiro atoms. The minimum atomic E-state index is -3.68. The molecule has 0 saturated carbocycles. The van der Waals surface area contributed by atoms with Gasteiger partial charge in [0, 0.05) is 16.7 Å². The number of nitrogens with zero attached hydrogens (tertiary/aromatic N) is 2. The highest BCUT2D eigenvalue weighted by Gasteiger charge is 2.21. The van der Waals surface area contributed by atoms with E-state index in [1.54, 1.807) is 42.5 Å². The van der Waals surface area contributed by atoms with E-state index in [0.717, 1.165) is 10.6 Å². The molecular weight excluding hydrogens is 378 g/mol. The third-order valence-corrected chi connectivity index (χ3v) is 4.81. The van der Waals surface area contributed by atoms with Crippen LogP contribution in [0.5, 0.6) is 5.75 Å². The van der Waals surface area contributed by atoms with Gasteiger partial charge in [-0.3, -0.25) is 9.10 Å². The van der Waals surface area contributed by atoms with Gasteiger partial charge in [0.2, 0.25) is 10.0 Å². The lowest BCUT2D eigenvalue weighted by Crippen LogP contribution is -2.39. The minimum Gasteiger partial charge on any atom is -0.497 e. The van der Waals surface area contributed by atoms with Gasteiger partial charge in [-0.1, -0.05) is 35.9 Å². The average molecular weight is 396 g/mol. The number of carbonyl (C=O) groups is 1. The Labute approximate surface area is 157 Å². The molecule has 0 bridgehead atoms. The second kappa shape index (κ2) is 8.68. The van der Waals surface area contributed by atoms with Crippen LogP contribution in [-0.2, 0) is 14.8 Å². The lowest BCUT2D eigenvalue weighted by Gasteiger charge is -2.21. The summed E-state index contributed by atoms with van der Waals surface area (Å²) in [5.74, 6) is -0.116. The van der Waals surface area contributed by atoms with Gasteiger partial charge in [-0.15, -0.1) is 0 Å². The number of benzene rings is 2. The topological polar surface area (TPSA) is 88.1 Å². The van der Waals surface area contributed by atoms with E-state index in [-0.39, 0.29) is 0 Å². The largest absolute Gasteiger partial charge is 0.497 e. The maximum atomic E-state index is 12.1. The number of hydrogen-bond donors (Lipinski definition) is 1. The van der Waals surface area contributed by atoms with Crippen molar-refractivity contribution in [1.29, 1.82) is 0 Å². The van der Waals surface area contributed by atoms with Crippen molar-refractivity contribution in [1.82, 2.24) is 5.43 Å². The zero-order valence-electron chi connectivity index (χ0n) is 14.2. The smallest absolute Gasteiger partial charge is 0.260 e. The number of halogens is 1. The van der Waals surface area contributed by atoms with Crippen LogP contribution in [0.4, 0.5) is 5.69 Å². The number of sulfonamides is 1. The third-order valence-electron chi connectivity index (χ3n) is 3.33. The number of hydrogen-bond acceptors (Lipinski definition) is 5. The van der Waals surface area contributed by atoms with Crippen LogP contribution in [0.25, 0.3) is 0 Å². The molecule has 0 fully saturated rings. The van der Waals surface area contributed by atoms with Gasteiger partial charge >= 0.3 is 0 Å². The van der Waals surface area contributed by atoms with E-state index in [2.05, 4.69) is 10.5 Å². The Morgan fingerprint density at radius 2 is 2.00 bits per heavy atom. The minimum absolute atomic E-state index is 0.317. The summed E-state index contributed by atoms with van der Waals surface area (Å²) in [6.45, 7) is -0.425. The molecule has 26 heavy (non-hydrogen) atoms. The average Bonchev–Trinajstić information content (AvgIpc) is 2.60. The SMILES string of the molecule is COc1cccc(N(CC(=O)N/N=C\c2ccccc2Cl)S(C)(=O)=O)c1. The molecule has 9 heteroatoms. The van der Waals surface area contributed by atoms with Gasteiger partial charge in [0.15, 0.2) is 0 Å². The predicted molar refractivity (Wildman–Crippen MR) is 102 cm³/mol. The number of carbonyl (C=O) groups excluding carboxylic acids is 1. The first kappa shape index (κ1) is 19.7. The Hall–Kier alpha value is -2.58. The summed E-state index contributed by atoms with van der Waals surface area (Å²) in [6.07, 6.45) is 2.41. The fourth-order valence-electron chi connectivity index (χ4n) is 2.09. The van der Waals surface area contributed by atoms with Crippen molar-refractivity contribution in [3.63, 3.8) is 0 Å². The van der Waals surface area contributed by atoms with E-state index in [0.29, 0.717) is 22.0 Å². The van der Waals surface area contributed by atoms with E-state index >= 15 is 0 Å². The van der Waals surface area contributed by atoms with Crippen molar-refractivity contribution in [2.24, 2.45) is 5.10 Å². The standard InChI is InChI=1S/C17H18ClN3O4S/c1-25-15-8-5-7-14(10-15)21(26(2,23)24)12-17(22)20-19-11-13-6-3-4-9-16(13)18/h3-11H,12H2,1-2H3,(H,20,22)/b19-11-.